The Bertz CT molecular complexity index is 911. The van der Waals surface area contributed by atoms with Crippen molar-refractivity contribution in [2.75, 3.05) is 40.9 Å². The first-order chi connectivity index (χ1) is 26.5. The Morgan fingerprint density at radius 2 is 0.964 bits per heavy atom. The summed E-state index contributed by atoms with van der Waals surface area (Å²) in [6.45, 7) is 4.84. The van der Waals surface area contributed by atoms with Crippen LogP contribution in [0.3, 0.4) is 0 Å². The van der Waals surface area contributed by atoms with Gasteiger partial charge in [-0.05, 0) is 19.3 Å². The van der Waals surface area contributed by atoms with Gasteiger partial charge in [-0.3, -0.25) is 13.8 Å². The quantitative estimate of drug-likeness (QED) is 0.0245. The van der Waals surface area contributed by atoms with Gasteiger partial charge < -0.3 is 19.8 Å². The van der Waals surface area contributed by atoms with Gasteiger partial charge in [0.05, 0.1) is 39.9 Å². The first kappa shape index (κ1) is 54.2. The van der Waals surface area contributed by atoms with Gasteiger partial charge in [-0.25, -0.2) is 4.57 Å². The molecule has 0 rings (SSSR count). The number of hydrogen-bond donors (Lipinski definition) is 3. The smallest absolute Gasteiger partial charge is 0.387 e. The molecule has 0 bridgehead atoms. The average molecular weight is 802 g/mol. The molecular formula is C46H94N2O6P+. The van der Waals surface area contributed by atoms with Crippen LogP contribution in [0.15, 0.2) is 12.2 Å². The third-order valence-corrected chi connectivity index (χ3v) is 11.7. The Morgan fingerprint density at radius 3 is 1.35 bits per heavy atom. The maximum Gasteiger partial charge on any atom is 0.472 e. The average Bonchev–Trinajstić information content (AvgIpc) is 3.13. The molecule has 0 radical (unpaired) electrons. The number of quaternary nitrogens is 1. The summed E-state index contributed by atoms with van der Waals surface area (Å²) in [6, 6.07) is -0.839. The maximum atomic E-state index is 12.9. The van der Waals surface area contributed by atoms with Crippen LogP contribution in [0.4, 0.5) is 0 Å². The van der Waals surface area contributed by atoms with Crippen LogP contribution in [-0.4, -0.2) is 73.4 Å². The molecule has 0 saturated heterocycles. The molecule has 0 aromatic rings. The number of phosphoric acid groups is 1. The van der Waals surface area contributed by atoms with Crippen molar-refractivity contribution in [3.63, 3.8) is 0 Å². The Labute approximate surface area is 342 Å². The van der Waals surface area contributed by atoms with E-state index in [4.69, 9.17) is 9.05 Å². The van der Waals surface area contributed by atoms with Gasteiger partial charge in [0.25, 0.3) is 0 Å². The number of rotatable bonds is 43. The standard InChI is InChI=1S/C46H93N2O6P/c1-6-8-10-12-14-16-18-20-22-23-24-26-28-30-32-34-36-38-40-46(50)47-44(43-54-55(51,52)53-42-41-48(3,4)5)45(49)39-37-35-33-31-29-27-25-21-19-17-15-13-11-9-7-2/h37,39,44-45,49H,6-36,38,40-43H2,1-5H3,(H-,47,50,51,52)/p+1/b39-37+. The summed E-state index contributed by atoms with van der Waals surface area (Å²) in [6.07, 6.45) is 44.2. The summed E-state index contributed by atoms with van der Waals surface area (Å²) in [5.41, 5.74) is 0. The molecule has 0 heterocycles. The first-order valence-corrected chi connectivity index (χ1v) is 25.1. The van der Waals surface area contributed by atoms with Crippen LogP contribution in [0, 0.1) is 0 Å². The van der Waals surface area contributed by atoms with E-state index in [1.54, 1.807) is 6.08 Å². The van der Waals surface area contributed by atoms with E-state index in [2.05, 4.69) is 19.2 Å². The lowest BCUT2D eigenvalue weighted by Crippen LogP contribution is -2.45. The molecule has 8 nitrogen and oxygen atoms in total. The Hall–Kier alpha value is -0.760. The molecule has 3 N–H and O–H groups in total. The SMILES string of the molecule is CCCCCCCCCCCCCCC/C=C/C(O)C(COP(=O)(O)OCC[N+](C)(C)C)NC(=O)CCCCCCCCCCCCCCCCCCCC. The predicted molar refractivity (Wildman–Crippen MR) is 235 cm³/mol. The molecule has 55 heavy (non-hydrogen) atoms. The molecule has 0 fully saturated rings. The molecule has 328 valence electrons. The molecule has 9 heteroatoms. The molecule has 1 amide bonds. The fourth-order valence-electron chi connectivity index (χ4n) is 6.98. The van der Waals surface area contributed by atoms with Crippen LogP contribution in [0.25, 0.3) is 0 Å². The van der Waals surface area contributed by atoms with Crippen LogP contribution < -0.4 is 5.32 Å². The number of carbonyl (C=O) groups excluding carboxylic acids is 1. The van der Waals surface area contributed by atoms with E-state index in [9.17, 15) is 19.4 Å². The number of hydrogen-bond acceptors (Lipinski definition) is 5. The highest BCUT2D eigenvalue weighted by molar-refractivity contribution is 7.47. The van der Waals surface area contributed by atoms with Gasteiger partial charge >= 0.3 is 7.82 Å². The molecular weight excluding hydrogens is 707 g/mol. The molecule has 3 atom stereocenters. The summed E-state index contributed by atoms with van der Waals surface area (Å²) in [5, 5.41) is 13.8. The second-order valence-electron chi connectivity index (χ2n) is 17.5. The van der Waals surface area contributed by atoms with Gasteiger partial charge in [0.15, 0.2) is 0 Å². The van der Waals surface area contributed by atoms with Crippen LogP contribution in [0.2, 0.25) is 0 Å². The highest BCUT2D eigenvalue weighted by atomic mass is 31.2. The minimum Gasteiger partial charge on any atom is -0.387 e. The summed E-state index contributed by atoms with van der Waals surface area (Å²) in [7, 11) is 1.58. The normalized spacial score (nSPS) is 14.4. The lowest BCUT2D eigenvalue weighted by molar-refractivity contribution is -0.870. The molecule has 0 aliphatic rings. The van der Waals surface area contributed by atoms with E-state index < -0.39 is 20.0 Å². The van der Waals surface area contributed by atoms with Crippen molar-refractivity contribution in [3.8, 4) is 0 Å². The van der Waals surface area contributed by atoms with Gasteiger partial charge in [-0.2, -0.15) is 0 Å². The van der Waals surface area contributed by atoms with Crippen molar-refractivity contribution in [2.45, 2.75) is 238 Å². The minimum atomic E-state index is -4.33. The van der Waals surface area contributed by atoms with Crippen molar-refractivity contribution < 1.29 is 32.9 Å². The number of nitrogens with one attached hydrogen (secondary N) is 1. The second kappa shape index (κ2) is 38.7. The zero-order valence-corrected chi connectivity index (χ0v) is 38.1. The van der Waals surface area contributed by atoms with Gasteiger partial charge in [-0.1, -0.05) is 212 Å². The van der Waals surface area contributed by atoms with Crippen LogP contribution in [0.5, 0.6) is 0 Å². The number of carbonyl (C=O) groups is 1. The van der Waals surface area contributed by atoms with E-state index >= 15 is 0 Å². The van der Waals surface area contributed by atoms with Crippen LogP contribution in [0.1, 0.15) is 226 Å². The number of nitrogens with zero attached hydrogens (tertiary/aromatic N) is 1. The maximum absolute atomic E-state index is 12.9. The zero-order chi connectivity index (χ0) is 40.7. The number of unbranched alkanes of at least 4 members (excludes halogenated alkanes) is 30. The van der Waals surface area contributed by atoms with Crippen LogP contribution >= 0.6 is 7.82 Å². The molecule has 0 aromatic carbocycles. The van der Waals surface area contributed by atoms with E-state index in [0.717, 1.165) is 32.1 Å². The number of aliphatic hydroxyl groups excluding tert-OH is 1. The van der Waals surface area contributed by atoms with Crippen molar-refractivity contribution in [1.29, 1.82) is 0 Å². The van der Waals surface area contributed by atoms with Crippen molar-refractivity contribution in [3.05, 3.63) is 12.2 Å². The van der Waals surface area contributed by atoms with Crippen molar-refractivity contribution >= 4 is 13.7 Å². The summed E-state index contributed by atoms with van der Waals surface area (Å²) >= 11 is 0. The van der Waals surface area contributed by atoms with E-state index in [1.807, 2.05) is 27.2 Å². The highest BCUT2D eigenvalue weighted by Crippen LogP contribution is 2.43. The number of phosphoric ester groups is 1. The van der Waals surface area contributed by atoms with Crippen LogP contribution in [-0.2, 0) is 18.4 Å². The van der Waals surface area contributed by atoms with Gasteiger partial charge in [0.2, 0.25) is 5.91 Å². The summed E-state index contributed by atoms with van der Waals surface area (Å²) in [4.78, 5) is 23.1. The Kier molecular flexibility index (Phi) is 38.2. The first-order valence-electron chi connectivity index (χ1n) is 23.6. The minimum absolute atomic E-state index is 0.0647. The molecule has 3 unspecified atom stereocenters. The fourth-order valence-corrected chi connectivity index (χ4v) is 7.72. The zero-order valence-electron chi connectivity index (χ0n) is 37.2. The lowest BCUT2D eigenvalue weighted by Gasteiger charge is -2.25. The van der Waals surface area contributed by atoms with Crippen molar-refractivity contribution in [2.24, 2.45) is 0 Å². The molecule has 0 saturated carbocycles. The second-order valence-corrected chi connectivity index (χ2v) is 18.9. The molecule has 0 aromatic heterocycles. The number of likely N-dealkylation sites (N-methyl/N-ethyl adjacent to an activating group) is 1. The highest BCUT2D eigenvalue weighted by Gasteiger charge is 2.27. The number of allylic oxidation sites excluding steroid dienone is 1. The third-order valence-electron chi connectivity index (χ3n) is 10.8. The van der Waals surface area contributed by atoms with Gasteiger partial charge in [0, 0.05) is 6.42 Å². The van der Waals surface area contributed by atoms with Gasteiger partial charge in [0.1, 0.15) is 13.2 Å². The predicted octanol–water partition coefficient (Wildman–Crippen LogP) is 13.1. The Balaban J connectivity index is 4.34. The number of amides is 1. The largest absolute Gasteiger partial charge is 0.472 e. The Morgan fingerprint density at radius 1 is 0.600 bits per heavy atom. The summed E-state index contributed by atoms with van der Waals surface area (Å²) < 4.78 is 23.6. The van der Waals surface area contributed by atoms with E-state index in [-0.39, 0.29) is 19.1 Å². The van der Waals surface area contributed by atoms with E-state index in [1.165, 1.54) is 173 Å². The van der Waals surface area contributed by atoms with Gasteiger partial charge in [-0.15, -0.1) is 0 Å². The molecule has 0 aliphatic carbocycles. The fraction of sp³-hybridized carbons (Fsp3) is 0.935. The molecule has 0 aliphatic heterocycles. The lowest BCUT2D eigenvalue weighted by atomic mass is 10.0. The van der Waals surface area contributed by atoms with Crippen molar-refractivity contribution in [1.82, 2.24) is 5.32 Å². The summed E-state index contributed by atoms with van der Waals surface area (Å²) in [5.74, 6) is -0.173. The molecule has 0 spiro atoms. The monoisotopic (exact) mass is 802 g/mol. The number of aliphatic hydroxyl groups is 1. The topological polar surface area (TPSA) is 105 Å². The van der Waals surface area contributed by atoms with E-state index in [0.29, 0.717) is 17.4 Å². The third kappa shape index (κ3) is 41.2.